The maximum absolute atomic E-state index is 13.0. The number of esters is 1. The van der Waals surface area contributed by atoms with E-state index in [0.29, 0.717) is 5.56 Å². The third-order valence-electron chi connectivity index (χ3n) is 4.95. The van der Waals surface area contributed by atoms with Crippen molar-refractivity contribution in [2.45, 2.75) is 32.2 Å². The second-order valence-corrected chi connectivity index (χ2v) is 6.98. The summed E-state index contributed by atoms with van der Waals surface area (Å²) in [6.45, 7) is 1.81. The molecule has 2 N–H and O–H groups in total. The smallest absolute Gasteiger partial charge is 0.329 e. The number of hydrogen-bond acceptors (Lipinski definition) is 6. The van der Waals surface area contributed by atoms with Crippen molar-refractivity contribution in [1.82, 2.24) is 4.90 Å². The molecule has 152 valence electrons. The Morgan fingerprint density at radius 2 is 1.90 bits per heavy atom. The van der Waals surface area contributed by atoms with Crippen LogP contribution in [0.1, 0.15) is 24.5 Å². The lowest BCUT2D eigenvalue weighted by Gasteiger charge is -2.25. The van der Waals surface area contributed by atoms with E-state index in [1.165, 1.54) is 18.2 Å². The summed E-state index contributed by atoms with van der Waals surface area (Å²) in [4.78, 5) is 39.2. The molecule has 1 aliphatic heterocycles. The van der Waals surface area contributed by atoms with Gasteiger partial charge in [0.15, 0.2) is 0 Å². The van der Waals surface area contributed by atoms with Gasteiger partial charge in [-0.25, -0.2) is 4.79 Å². The summed E-state index contributed by atoms with van der Waals surface area (Å²) in [7, 11) is 0. The monoisotopic (exact) mass is 397 g/mol. The van der Waals surface area contributed by atoms with Crippen molar-refractivity contribution >= 4 is 17.8 Å². The predicted octanol–water partition coefficient (Wildman–Crippen LogP) is 2.19. The van der Waals surface area contributed by atoms with E-state index in [1.54, 1.807) is 6.92 Å². The summed E-state index contributed by atoms with van der Waals surface area (Å²) in [6, 6.07) is 12.2. The molecule has 2 unspecified atom stereocenters. The minimum atomic E-state index is -1.03. The van der Waals surface area contributed by atoms with E-state index in [2.05, 4.69) is 0 Å². The number of ether oxygens (including phenoxy) is 1. The molecule has 0 aliphatic carbocycles. The van der Waals surface area contributed by atoms with Gasteiger partial charge in [-0.3, -0.25) is 14.5 Å². The van der Waals surface area contributed by atoms with Gasteiger partial charge < -0.3 is 14.9 Å². The molecule has 0 bridgehead atoms. The zero-order chi connectivity index (χ0) is 21.0. The van der Waals surface area contributed by atoms with E-state index in [0.717, 1.165) is 10.5 Å². The van der Waals surface area contributed by atoms with Gasteiger partial charge in [0.2, 0.25) is 11.8 Å². The summed E-state index contributed by atoms with van der Waals surface area (Å²) >= 11 is 0. The molecular formula is C22H23NO6. The van der Waals surface area contributed by atoms with Gasteiger partial charge in [0, 0.05) is 18.9 Å². The van der Waals surface area contributed by atoms with Crippen molar-refractivity contribution in [3.05, 3.63) is 59.7 Å². The number of imide groups is 1. The van der Waals surface area contributed by atoms with Crippen LogP contribution in [-0.4, -0.2) is 45.5 Å². The Morgan fingerprint density at radius 3 is 2.55 bits per heavy atom. The average molecular weight is 397 g/mol. The summed E-state index contributed by atoms with van der Waals surface area (Å²) < 4.78 is 5.12. The molecule has 1 heterocycles. The van der Waals surface area contributed by atoms with Crippen LogP contribution in [0.15, 0.2) is 48.5 Å². The molecule has 0 saturated carbocycles. The summed E-state index contributed by atoms with van der Waals surface area (Å²) in [5.41, 5.74) is 1.26. The Balaban J connectivity index is 1.83. The first-order valence-corrected chi connectivity index (χ1v) is 9.48. The third kappa shape index (κ3) is 4.56. The summed E-state index contributed by atoms with van der Waals surface area (Å²) in [6.07, 6.45) is 0.256. The van der Waals surface area contributed by atoms with Gasteiger partial charge in [-0.15, -0.1) is 0 Å². The second-order valence-electron chi connectivity index (χ2n) is 6.98. The Bertz CT molecular complexity index is 911. The number of phenolic OH excluding ortho intramolecular Hbond substituents is 2. The largest absolute Gasteiger partial charge is 0.508 e. The molecule has 7 heteroatoms. The zero-order valence-corrected chi connectivity index (χ0v) is 16.1. The first kappa shape index (κ1) is 20.4. The highest BCUT2D eigenvalue weighted by molar-refractivity contribution is 6.06. The molecule has 0 spiro atoms. The van der Waals surface area contributed by atoms with Crippen LogP contribution in [0.5, 0.6) is 11.5 Å². The molecule has 2 aromatic rings. The molecule has 2 atom stereocenters. The van der Waals surface area contributed by atoms with Crippen LogP contribution in [0.3, 0.4) is 0 Å². The fourth-order valence-electron chi connectivity index (χ4n) is 3.55. The van der Waals surface area contributed by atoms with Gasteiger partial charge in [0.25, 0.3) is 0 Å². The van der Waals surface area contributed by atoms with Crippen LogP contribution in [-0.2, 0) is 32.0 Å². The number of amides is 2. The first-order valence-electron chi connectivity index (χ1n) is 9.48. The standard InChI is InChI=1S/C22H23NO6/c1-2-29-22(28)18(10-14-6-4-3-5-7-14)23-20(26)12-16(21(23)27)11-15-8-9-17(24)13-19(15)25/h3-9,13,16,18,24-25H,2,10-12H2,1H3. The molecule has 7 nitrogen and oxygen atoms in total. The highest BCUT2D eigenvalue weighted by Gasteiger charge is 2.45. The normalized spacial score (nSPS) is 17.4. The number of rotatable bonds is 7. The Labute approximate surface area is 168 Å². The first-order chi connectivity index (χ1) is 13.9. The molecule has 29 heavy (non-hydrogen) atoms. The summed E-state index contributed by atoms with van der Waals surface area (Å²) in [5.74, 6) is -2.44. The van der Waals surface area contributed by atoms with Crippen LogP contribution in [0.25, 0.3) is 0 Å². The zero-order valence-electron chi connectivity index (χ0n) is 16.1. The summed E-state index contributed by atoms with van der Waals surface area (Å²) in [5, 5.41) is 19.4. The molecule has 2 amide bonds. The Kier molecular flexibility index (Phi) is 6.16. The second kappa shape index (κ2) is 8.77. The lowest BCUT2D eigenvalue weighted by Crippen LogP contribution is -2.47. The number of nitrogens with zero attached hydrogens (tertiary/aromatic N) is 1. The van der Waals surface area contributed by atoms with E-state index >= 15 is 0 Å². The van der Waals surface area contributed by atoms with Crippen molar-refractivity contribution in [1.29, 1.82) is 0 Å². The van der Waals surface area contributed by atoms with Crippen molar-refractivity contribution in [2.75, 3.05) is 6.61 Å². The number of likely N-dealkylation sites (tertiary alicyclic amines) is 1. The predicted molar refractivity (Wildman–Crippen MR) is 104 cm³/mol. The Morgan fingerprint density at radius 1 is 1.17 bits per heavy atom. The lowest BCUT2D eigenvalue weighted by atomic mass is 9.97. The topological polar surface area (TPSA) is 104 Å². The highest BCUT2D eigenvalue weighted by atomic mass is 16.5. The highest BCUT2D eigenvalue weighted by Crippen LogP contribution is 2.31. The molecule has 1 aliphatic rings. The maximum atomic E-state index is 13.0. The van der Waals surface area contributed by atoms with Crippen molar-refractivity contribution in [3.8, 4) is 11.5 Å². The van der Waals surface area contributed by atoms with E-state index in [9.17, 15) is 24.6 Å². The SMILES string of the molecule is CCOC(=O)C(Cc1ccccc1)N1C(=O)CC(Cc2ccc(O)cc2O)C1=O. The lowest BCUT2D eigenvalue weighted by molar-refractivity contribution is -0.158. The van der Waals surface area contributed by atoms with Crippen LogP contribution in [0.4, 0.5) is 0 Å². The van der Waals surface area contributed by atoms with Crippen molar-refractivity contribution < 1.29 is 29.3 Å². The van der Waals surface area contributed by atoms with Crippen LogP contribution >= 0.6 is 0 Å². The number of carbonyl (C=O) groups is 3. The minimum absolute atomic E-state index is 0.0517. The number of phenols is 2. The fourth-order valence-corrected chi connectivity index (χ4v) is 3.55. The van der Waals surface area contributed by atoms with Crippen LogP contribution in [0.2, 0.25) is 0 Å². The Hall–Kier alpha value is -3.35. The third-order valence-corrected chi connectivity index (χ3v) is 4.95. The van der Waals surface area contributed by atoms with Crippen LogP contribution < -0.4 is 0 Å². The molecule has 0 radical (unpaired) electrons. The minimum Gasteiger partial charge on any atom is -0.508 e. The average Bonchev–Trinajstić information content (AvgIpc) is 2.96. The molecular weight excluding hydrogens is 374 g/mol. The molecule has 0 aromatic heterocycles. The van der Waals surface area contributed by atoms with E-state index in [1.807, 2.05) is 30.3 Å². The van der Waals surface area contributed by atoms with Gasteiger partial charge in [-0.1, -0.05) is 36.4 Å². The molecule has 1 fully saturated rings. The van der Waals surface area contributed by atoms with Crippen LogP contribution in [0, 0.1) is 5.92 Å². The number of carbonyl (C=O) groups excluding carboxylic acids is 3. The van der Waals surface area contributed by atoms with E-state index in [4.69, 9.17) is 4.74 Å². The van der Waals surface area contributed by atoms with E-state index in [-0.39, 0.29) is 37.4 Å². The van der Waals surface area contributed by atoms with Gasteiger partial charge in [0.05, 0.1) is 12.5 Å². The van der Waals surface area contributed by atoms with Gasteiger partial charge in [-0.2, -0.15) is 0 Å². The number of benzene rings is 2. The fraction of sp³-hybridized carbons (Fsp3) is 0.318. The van der Waals surface area contributed by atoms with Gasteiger partial charge >= 0.3 is 5.97 Å². The number of hydrogen-bond donors (Lipinski definition) is 2. The molecule has 3 rings (SSSR count). The maximum Gasteiger partial charge on any atom is 0.329 e. The number of aromatic hydroxyl groups is 2. The quantitative estimate of drug-likeness (QED) is 0.548. The molecule has 2 aromatic carbocycles. The van der Waals surface area contributed by atoms with Crippen molar-refractivity contribution in [3.63, 3.8) is 0 Å². The van der Waals surface area contributed by atoms with Crippen molar-refractivity contribution in [2.24, 2.45) is 5.92 Å². The van der Waals surface area contributed by atoms with E-state index < -0.39 is 29.7 Å². The molecule has 1 saturated heterocycles. The van der Waals surface area contributed by atoms with Gasteiger partial charge in [0.1, 0.15) is 17.5 Å². The van der Waals surface area contributed by atoms with Gasteiger partial charge in [-0.05, 0) is 30.5 Å².